The first kappa shape index (κ1) is 55.3. The summed E-state index contributed by atoms with van der Waals surface area (Å²) in [7, 11) is 0. The number of ketones is 1. The third-order valence-corrected chi connectivity index (χ3v) is 19.3. The van der Waals surface area contributed by atoms with Gasteiger partial charge >= 0.3 is 17.9 Å². The number of nitrogens with one attached hydrogen (secondary N) is 1. The number of nitrogens with two attached hydrogens (primary N) is 1. The summed E-state index contributed by atoms with van der Waals surface area (Å²) in [6.07, 6.45) is 33.5. The zero-order chi connectivity index (χ0) is 48.5. The molecule has 11 rings (SSSR count). The number of Topliss-reactive ketones (excluding diaryl/α,β-unsaturated/α-hetero) is 1. The molecule has 1 spiro atoms. The molecule has 390 valence electrons. The van der Waals surface area contributed by atoms with E-state index in [9.17, 15) is 34.1 Å². The third kappa shape index (κ3) is 14.8. The van der Waals surface area contributed by atoms with Crippen LogP contribution in [0.4, 0.5) is 0 Å². The fourth-order valence-corrected chi connectivity index (χ4v) is 16.6. The quantitative estimate of drug-likeness (QED) is 0.0813. The van der Waals surface area contributed by atoms with Crippen molar-refractivity contribution < 1.29 is 43.5 Å². The van der Waals surface area contributed by atoms with Gasteiger partial charge in [0.05, 0.1) is 26.1 Å². The van der Waals surface area contributed by atoms with E-state index in [1.165, 1.54) is 115 Å². The standard InChI is InChI=1S/C13H21NO4.C12H18O2.C11H19NO2.C11H17NO.C8H12O.ClH/c1-2-18-12(15)8-13(9-14(16)17)6-10-4-3-5-11(10)7-13;1-2-14-12(13)8-9-6-10-4-3-5-11(10)7-9;12-7-11(6-10(13)14)4-8-2-1-3-9(8)5-11;13-10-6-11(7-12-10)4-8-2-1-3-9(8)5-11;9-8-4-6-2-1-3-7(6)5-8;/h10-11H,2-9H2,1H3;8,10-11H,2-7H2,1H3;8-9H,1-7,12H2,(H,13,14);8-9H,1-7H2,(H,12,13);6-7H,1-5H2;1H/t10-,11+,13?;10-,11+;8-,9-;8-,9+,11?;6-,7+;/m..1.../s1. The van der Waals surface area contributed by atoms with Crippen LogP contribution in [0.2, 0.25) is 0 Å². The summed E-state index contributed by atoms with van der Waals surface area (Å²) in [5.74, 6) is 7.72. The van der Waals surface area contributed by atoms with Crippen molar-refractivity contribution in [1.29, 1.82) is 0 Å². The predicted molar refractivity (Wildman–Crippen MR) is 267 cm³/mol. The van der Waals surface area contributed by atoms with Crippen LogP contribution in [-0.2, 0) is 33.4 Å². The van der Waals surface area contributed by atoms with E-state index in [4.69, 9.17) is 20.3 Å². The minimum absolute atomic E-state index is 0. The maximum Gasteiger partial charge on any atom is 0.330 e. The third-order valence-electron chi connectivity index (χ3n) is 19.3. The Morgan fingerprint density at radius 3 is 1.48 bits per heavy atom. The molecule has 14 heteroatoms. The lowest BCUT2D eigenvalue weighted by atomic mass is 9.80. The van der Waals surface area contributed by atoms with Crippen LogP contribution in [0.25, 0.3) is 0 Å². The number of ether oxygens (including phenoxy) is 2. The summed E-state index contributed by atoms with van der Waals surface area (Å²) in [4.78, 5) is 66.3. The maximum atomic E-state index is 11.7. The number of esters is 2. The Morgan fingerprint density at radius 1 is 0.667 bits per heavy atom. The second-order valence-electron chi connectivity index (χ2n) is 24.1. The minimum Gasteiger partial charge on any atom is -0.481 e. The zero-order valence-corrected chi connectivity index (χ0v) is 43.1. The molecular formula is C55H88ClN3O10. The number of carbonyl (C=O) groups is 5. The Balaban J connectivity index is 0.000000143. The Morgan fingerprint density at radius 2 is 1.09 bits per heavy atom. The van der Waals surface area contributed by atoms with Gasteiger partial charge in [-0.25, -0.2) is 4.79 Å². The number of allylic oxidation sites excluding steroid dienone is 1. The predicted octanol–water partition coefficient (Wildman–Crippen LogP) is 10.6. The van der Waals surface area contributed by atoms with E-state index in [1.54, 1.807) is 13.0 Å². The van der Waals surface area contributed by atoms with Gasteiger partial charge in [0.2, 0.25) is 12.5 Å². The number of nitro groups is 1. The molecule has 0 radical (unpaired) electrons. The molecule has 10 aliphatic carbocycles. The molecule has 0 aromatic carbocycles. The molecule has 11 aliphatic rings. The van der Waals surface area contributed by atoms with Crippen LogP contribution in [0.5, 0.6) is 0 Å². The molecule has 11 fully saturated rings. The van der Waals surface area contributed by atoms with E-state index in [2.05, 4.69) is 5.32 Å². The second kappa shape index (κ2) is 25.1. The van der Waals surface area contributed by atoms with Crippen LogP contribution in [0, 0.1) is 85.5 Å². The molecule has 12 atom stereocenters. The van der Waals surface area contributed by atoms with Crippen molar-refractivity contribution in [3.63, 3.8) is 0 Å². The molecule has 2 unspecified atom stereocenters. The first-order valence-corrected chi connectivity index (χ1v) is 27.5. The molecule has 10 saturated carbocycles. The number of carbonyl (C=O) groups excluding carboxylic acids is 4. The highest BCUT2D eigenvalue weighted by atomic mass is 35.5. The minimum atomic E-state index is -0.685. The number of hydrogen-bond donors (Lipinski definition) is 3. The average molecular weight is 987 g/mol. The van der Waals surface area contributed by atoms with Gasteiger partial charge in [-0.1, -0.05) is 76.2 Å². The highest BCUT2D eigenvalue weighted by Gasteiger charge is 2.52. The summed E-state index contributed by atoms with van der Waals surface area (Å²) < 4.78 is 9.88. The SMILES string of the molecule is CCOC(=O)C=C1C[C@H]2CCC[C@H]2C1.CCOC(=O)CC1(C[N+](=O)[O-])C[C@H]2CCC[C@H]2C1.Cl.NCC1(CC(=O)O)C[C@H]2CCC[C@@H]2C1.O=C1CC2(CN1)C[C@H]1CCC[C@H]1C2.O=C1C[C@H]2CCC[C@H]2C1. The van der Waals surface area contributed by atoms with E-state index in [0.717, 1.165) is 112 Å². The topological polar surface area (TPSA) is 205 Å². The largest absolute Gasteiger partial charge is 0.481 e. The van der Waals surface area contributed by atoms with Crippen molar-refractivity contribution in [2.45, 2.75) is 194 Å². The number of hydrogen-bond acceptors (Lipinski definition) is 10. The van der Waals surface area contributed by atoms with Crippen molar-refractivity contribution in [2.24, 2.45) is 81.2 Å². The van der Waals surface area contributed by atoms with Gasteiger partial charge in [0, 0.05) is 42.2 Å². The van der Waals surface area contributed by atoms with Crippen molar-refractivity contribution in [3.8, 4) is 0 Å². The number of rotatable bonds is 10. The summed E-state index contributed by atoms with van der Waals surface area (Å²) in [5, 5.41) is 22.8. The van der Waals surface area contributed by atoms with Crippen LogP contribution < -0.4 is 11.1 Å². The van der Waals surface area contributed by atoms with Crippen molar-refractivity contribution in [3.05, 3.63) is 21.8 Å². The molecule has 1 aliphatic heterocycles. The lowest BCUT2D eigenvalue weighted by Gasteiger charge is -2.26. The van der Waals surface area contributed by atoms with Crippen LogP contribution in [0.1, 0.15) is 194 Å². The molecule has 0 aromatic heterocycles. The Kier molecular flexibility index (Phi) is 20.1. The van der Waals surface area contributed by atoms with Crippen molar-refractivity contribution >= 4 is 42.0 Å². The fraction of sp³-hybridized carbons (Fsp3) is 0.873. The van der Waals surface area contributed by atoms with Gasteiger partial charge in [-0.15, -0.1) is 12.4 Å². The number of halogens is 1. The van der Waals surface area contributed by atoms with E-state index in [-0.39, 0.29) is 54.1 Å². The number of carboxylic acids is 1. The summed E-state index contributed by atoms with van der Waals surface area (Å²) in [6.45, 7) is 5.88. The molecule has 1 amide bonds. The average Bonchev–Trinajstić information content (AvgIpc) is 4.08. The Hall–Kier alpha value is -3.06. The van der Waals surface area contributed by atoms with Gasteiger partial charge in [-0.05, 0) is 167 Å². The van der Waals surface area contributed by atoms with Crippen LogP contribution in [-0.4, -0.2) is 72.5 Å². The summed E-state index contributed by atoms with van der Waals surface area (Å²) in [6, 6.07) is 0. The van der Waals surface area contributed by atoms with Gasteiger partial charge in [0.1, 0.15) is 5.78 Å². The molecule has 69 heavy (non-hydrogen) atoms. The molecule has 13 nitrogen and oxygen atoms in total. The van der Waals surface area contributed by atoms with E-state index < -0.39 is 11.4 Å². The van der Waals surface area contributed by atoms with E-state index in [1.807, 2.05) is 6.92 Å². The first-order chi connectivity index (χ1) is 32.6. The molecular weight excluding hydrogens is 898 g/mol. The van der Waals surface area contributed by atoms with Crippen molar-refractivity contribution in [2.75, 3.05) is 32.8 Å². The fourth-order valence-electron chi connectivity index (χ4n) is 16.6. The highest BCUT2D eigenvalue weighted by Crippen LogP contribution is 2.57. The Bertz CT molecular complexity index is 1760. The second-order valence-corrected chi connectivity index (χ2v) is 24.1. The van der Waals surface area contributed by atoms with Gasteiger partial charge in [0.25, 0.3) is 0 Å². The number of carboxylic acid groups (broad SMARTS) is 1. The van der Waals surface area contributed by atoms with E-state index >= 15 is 0 Å². The Labute approximate surface area is 418 Å². The van der Waals surface area contributed by atoms with Gasteiger partial charge in [0.15, 0.2) is 0 Å². The smallest absolute Gasteiger partial charge is 0.330 e. The number of fused-ring (bicyclic) bond motifs is 5. The molecule has 0 aromatic rings. The lowest BCUT2D eigenvalue weighted by molar-refractivity contribution is -0.497. The molecule has 0 bridgehead atoms. The van der Waals surface area contributed by atoms with Crippen molar-refractivity contribution in [1.82, 2.24) is 5.32 Å². The van der Waals surface area contributed by atoms with Crippen LogP contribution in [0.3, 0.4) is 0 Å². The molecule has 4 N–H and O–H groups in total. The zero-order valence-electron chi connectivity index (χ0n) is 42.2. The monoisotopic (exact) mass is 986 g/mol. The maximum absolute atomic E-state index is 11.7. The van der Waals surface area contributed by atoms with E-state index in [0.29, 0.717) is 48.7 Å². The summed E-state index contributed by atoms with van der Waals surface area (Å²) >= 11 is 0. The number of nitrogens with zero attached hydrogens (tertiary/aromatic N) is 1. The molecule has 1 heterocycles. The van der Waals surface area contributed by atoms with Gasteiger partial charge < -0.3 is 25.6 Å². The number of aliphatic carboxylic acids is 1. The van der Waals surface area contributed by atoms with Crippen LogP contribution in [0.15, 0.2) is 11.6 Å². The molecule has 1 saturated heterocycles. The normalized spacial score (nSPS) is 37.2. The lowest BCUT2D eigenvalue weighted by Crippen LogP contribution is -2.31. The first-order valence-electron chi connectivity index (χ1n) is 27.5. The number of amides is 1. The van der Waals surface area contributed by atoms with Crippen LogP contribution >= 0.6 is 12.4 Å². The van der Waals surface area contributed by atoms with Gasteiger partial charge in [-0.3, -0.25) is 29.3 Å². The summed E-state index contributed by atoms with van der Waals surface area (Å²) in [5.41, 5.74) is 6.96. The van der Waals surface area contributed by atoms with Gasteiger partial charge in [-0.2, -0.15) is 0 Å². The highest BCUT2D eigenvalue weighted by molar-refractivity contribution is 5.85.